The monoisotopic (exact) mass is 358 g/mol. The highest BCUT2D eigenvalue weighted by molar-refractivity contribution is 6.31. The third-order valence-electron chi connectivity index (χ3n) is 3.93. The van der Waals surface area contributed by atoms with Crippen LogP contribution in [0.1, 0.15) is 26.3 Å². The van der Waals surface area contributed by atoms with E-state index in [1.54, 1.807) is 43.3 Å². The van der Waals surface area contributed by atoms with Gasteiger partial charge in [-0.2, -0.15) is 0 Å². The molecule has 3 rings (SSSR count). The fourth-order valence-corrected chi connectivity index (χ4v) is 2.80. The van der Waals surface area contributed by atoms with Gasteiger partial charge in [0.05, 0.1) is 23.9 Å². The summed E-state index contributed by atoms with van der Waals surface area (Å²) in [6.45, 7) is 1.42. The van der Waals surface area contributed by atoms with Gasteiger partial charge in [-0.15, -0.1) is 0 Å². The van der Waals surface area contributed by atoms with Gasteiger partial charge in [0.25, 0.3) is 11.8 Å². The lowest BCUT2D eigenvalue weighted by molar-refractivity contribution is -0.116. The highest BCUT2D eigenvalue weighted by atomic mass is 35.5. The first-order chi connectivity index (χ1) is 11.9. The summed E-state index contributed by atoms with van der Waals surface area (Å²) in [5.74, 6) is -1.06. The minimum atomic E-state index is -0.505. The lowest BCUT2D eigenvalue weighted by Gasteiger charge is -2.16. The van der Waals surface area contributed by atoms with Crippen LogP contribution in [-0.2, 0) is 4.79 Å². The second kappa shape index (κ2) is 6.57. The number of amides is 3. The van der Waals surface area contributed by atoms with Crippen LogP contribution in [0.2, 0.25) is 5.02 Å². The Morgan fingerprint density at radius 1 is 1.16 bits per heavy atom. The van der Waals surface area contributed by atoms with Crippen LogP contribution in [0, 0.1) is 6.92 Å². The van der Waals surface area contributed by atoms with Crippen molar-refractivity contribution in [1.82, 2.24) is 4.90 Å². The molecule has 0 aromatic heterocycles. The second-order valence-electron chi connectivity index (χ2n) is 5.59. The molecule has 0 fully saturated rings. The van der Waals surface area contributed by atoms with Gasteiger partial charge in [-0.25, -0.2) is 0 Å². The lowest BCUT2D eigenvalue weighted by Crippen LogP contribution is -2.37. The summed E-state index contributed by atoms with van der Waals surface area (Å²) in [4.78, 5) is 37.9. The highest BCUT2D eigenvalue weighted by Crippen LogP contribution is 2.31. The van der Waals surface area contributed by atoms with Crippen molar-refractivity contribution in [3.63, 3.8) is 0 Å². The summed E-state index contributed by atoms with van der Waals surface area (Å²) in [6, 6.07) is 9.75. The number of imide groups is 1. The van der Waals surface area contributed by atoms with E-state index in [-0.39, 0.29) is 6.54 Å². The van der Waals surface area contributed by atoms with Gasteiger partial charge in [-0.05, 0) is 30.7 Å². The molecule has 7 heteroatoms. The molecule has 128 valence electrons. The third kappa shape index (κ3) is 3.08. The normalized spacial score (nSPS) is 13.0. The molecule has 2 aromatic rings. The van der Waals surface area contributed by atoms with Gasteiger partial charge in [0.15, 0.2) is 0 Å². The van der Waals surface area contributed by atoms with Crippen LogP contribution in [0.25, 0.3) is 0 Å². The summed E-state index contributed by atoms with van der Waals surface area (Å²) >= 11 is 6.04. The fourth-order valence-electron chi connectivity index (χ4n) is 2.65. The molecule has 1 heterocycles. The average Bonchev–Trinajstić information content (AvgIpc) is 2.83. The van der Waals surface area contributed by atoms with E-state index in [1.165, 1.54) is 7.11 Å². The Morgan fingerprint density at radius 3 is 2.32 bits per heavy atom. The smallest absolute Gasteiger partial charge is 0.262 e. The maximum absolute atomic E-state index is 12.3. The van der Waals surface area contributed by atoms with E-state index in [0.29, 0.717) is 27.6 Å². The maximum Gasteiger partial charge on any atom is 0.262 e. The minimum Gasteiger partial charge on any atom is -0.495 e. The first-order valence-corrected chi connectivity index (χ1v) is 7.89. The van der Waals surface area contributed by atoms with Gasteiger partial charge >= 0.3 is 0 Å². The van der Waals surface area contributed by atoms with Crippen molar-refractivity contribution in [3.05, 3.63) is 58.1 Å². The number of rotatable bonds is 4. The van der Waals surface area contributed by atoms with Crippen molar-refractivity contribution in [3.8, 4) is 5.75 Å². The molecular formula is C18H15ClN2O4. The van der Waals surface area contributed by atoms with E-state index in [9.17, 15) is 14.4 Å². The number of carbonyl (C=O) groups is 3. The van der Waals surface area contributed by atoms with E-state index in [4.69, 9.17) is 16.3 Å². The number of ether oxygens (including phenoxy) is 1. The molecule has 1 aliphatic heterocycles. The Hall–Kier alpha value is -2.86. The molecule has 0 saturated carbocycles. The van der Waals surface area contributed by atoms with Crippen LogP contribution >= 0.6 is 11.6 Å². The topological polar surface area (TPSA) is 75.7 Å². The predicted molar refractivity (Wildman–Crippen MR) is 93.2 cm³/mol. The number of halogens is 1. The van der Waals surface area contributed by atoms with Gasteiger partial charge in [0.1, 0.15) is 12.3 Å². The Bertz CT molecular complexity index is 860. The zero-order valence-electron chi connectivity index (χ0n) is 13.6. The number of benzene rings is 2. The number of carbonyl (C=O) groups excluding carboxylic acids is 3. The van der Waals surface area contributed by atoms with Gasteiger partial charge in [-0.3, -0.25) is 19.3 Å². The van der Waals surface area contributed by atoms with Crippen LogP contribution in [0.5, 0.6) is 5.75 Å². The molecule has 25 heavy (non-hydrogen) atoms. The second-order valence-corrected chi connectivity index (χ2v) is 6.00. The van der Waals surface area contributed by atoms with Gasteiger partial charge in [0.2, 0.25) is 5.91 Å². The van der Waals surface area contributed by atoms with Crippen molar-refractivity contribution in [2.75, 3.05) is 19.0 Å². The highest BCUT2D eigenvalue weighted by Gasteiger charge is 2.36. The molecule has 0 aliphatic carbocycles. The number of nitrogens with zero attached hydrogens (tertiary/aromatic N) is 1. The molecule has 2 aromatic carbocycles. The Morgan fingerprint density at radius 2 is 1.76 bits per heavy atom. The third-order valence-corrected chi connectivity index (χ3v) is 4.34. The minimum absolute atomic E-state index is 0.306. The maximum atomic E-state index is 12.3. The Labute approximate surface area is 149 Å². The van der Waals surface area contributed by atoms with Crippen molar-refractivity contribution < 1.29 is 19.1 Å². The van der Waals surface area contributed by atoms with E-state index in [0.717, 1.165) is 10.5 Å². The van der Waals surface area contributed by atoms with Crippen LogP contribution in [0.3, 0.4) is 0 Å². The molecule has 0 bridgehead atoms. The van der Waals surface area contributed by atoms with Crippen molar-refractivity contribution in [2.45, 2.75) is 6.92 Å². The Balaban J connectivity index is 1.78. The van der Waals surface area contributed by atoms with Crippen molar-refractivity contribution in [1.29, 1.82) is 0 Å². The molecule has 0 spiro atoms. The lowest BCUT2D eigenvalue weighted by atomic mass is 10.1. The molecule has 6 nitrogen and oxygen atoms in total. The van der Waals surface area contributed by atoms with Gasteiger partial charge < -0.3 is 10.1 Å². The van der Waals surface area contributed by atoms with Gasteiger partial charge in [0, 0.05) is 11.1 Å². The molecule has 1 aliphatic rings. The number of nitrogens with one attached hydrogen (secondary N) is 1. The van der Waals surface area contributed by atoms with Crippen molar-refractivity contribution >= 4 is 35.0 Å². The molecule has 0 atom stereocenters. The van der Waals surface area contributed by atoms with Crippen LogP contribution in [-0.4, -0.2) is 36.3 Å². The number of anilines is 1. The summed E-state index contributed by atoms with van der Waals surface area (Å²) in [7, 11) is 1.46. The first-order valence-electron chi connectivity index (χ1n) is 7.51. The zero-order valence-corrected chi connectivity index (χ0v) is 14.4. The SMILES string of the molecule is COc1cc(Cl)c(C)cc1NC(=O)CN1C(=O)c2ccccc2C1=O. The van der Waals surface area contributed by atoms with E-state index in [2.05, 4.69) is 5.32 Å². The molecule has 1 N–H and O–H groups in total. The predicted octanol–water partition coefficient (Wildman–Crippen LogP) is 2.89. The van der Waals surface area contributed by atoms with Gasteiger partial charge in [-0.1, -0.05) is 23.7 Å². The summed E-state index contributed by atoms with van der Waals surface area (Å²) in [6.07, 6.45) is 0. The van der Waals surface area contributed by atoms with E-state index in [1.807, 2.05) is 0 Å². The average molecular weight is 359 g/mol. The van der Waals surface area contributed by atoms with E-state index >= 15 is 0 Å². The van der Waals surface area contributed by atoms with Crippen LogP contribution in [0.15, 0.2) is 36.4 Å². The summed E-state index contributed by atoms with van der Waals surface area (Å²) in [5.41, 5.74) is 1.80. The van der Waals surface area contributed by atoms with E-state index < -0.39 is 17.7 Å². The van der Waals surface area contributed by atoms with Crippen molar-refractivity contribution in [2.24, 2.45) is 0 Å². The standard InChI is InChI=1S/C18H15ClN2O4/c1-10-7-14(15(25-2)8-13(10)19)20-16(22)9-21-17(23)11-5-3-4-6-12(11)18(21)24/h3-8H,9H2,1-2H3,(H,20,22). The number of fused-ring (bicyclic) bond motifs is 1. The summed E-state index contributed by atoms with van der Waals surface area (Å²) < 4.78 is 5.20. The number of methoxy groups -OCH3 is 1. The molecule has 0 saturated heterocycles. The molecule has 0 radical (unpaired) electrons. The molecule has 0 unspecified atom stereocenters. The quantitative estimate of drug-likeness (QED) is 0.853. The number of hydrogen-bond donors (Lipinski definition) is 1. The largest absolute Gasteiger partial charge is 0.495 e. The molecule has 3 amide bonds. The number of aryl methyl sites for hydroxylation is 1. The first kappa shape index (κ1) is 17.0. The molecular weight excluding hydrogens is 344 g/mol. The van der Waals surface area contributed by atoms with Crippen LogP contribution in [0.4, 0.5) is 5.69 Å². The fraction of sp³-hybridized carbons (Fsp3) is 0.167. The summed E-state index contributed by atoms with van der Waals surface area (Å²) in [5, 5.41) is 3.17. The van der Waals surface area contributed by atoms with Crippen LogP contribution < -0.4 is 10.1 Å². The zero-order chi connectivity index (χ0) is 18.1. The Kier molecular flexibility index (Phi) is 4.46. The number of hydrogen-bond acceptors (Lipinski definition) is 4.